The van der Waals surface area contributed by atoms with Crippen LogP contribution < -0.4 is 10.5 Å². The highest BCUT2D eigenvalue weighted by Crippen LogP contribution is 2.33. The second kappa shape index (κ2) is 6.16. The number of ether oxygens (including phenoxy) is 1. The van der Waals surface area contributed by atoms with Crippen molar-refractivity contribution in [3.05, 3.63) is 29.8 Å². The summed E-state index contributed by atoms with van der Waals surface area (Å²) in [6.07, 6.45) is 1.87. The molecule has 1 aromatic rings. The predicted octanol–water partition coefficient (Wildman–Crippen LogP) is 2.16. The number of fused-ring (bicyclic) bond motifs is 1. The van der Waals surface area contributed by atoms with Crippen molar-refractivity contribution in [1.29, 1.82) is 0 Å². The van der Waals surface area contributed by atoms with Gasteiger partial charge in [-0.1, -0.05) is 30.4 Å². The van der Waals surface area contributed by atoms with Gasteiger partial charge in [0.15, 0.2) is 0 Å². The number of hydrogen-bond acceptors (Lipinski definition) is 3. The van der Waals surface area contributed by atoms with Crippen molar-refractivity contribution in [2.24, 2.45) is 5.73 Å². The molecule has 2 rings (SSSR count). The Labute approximate surface area is 114 Å². The molecule has 0 aliphatic carbocycles. The van der Waals surface area contributed by atoms with Gasteiger partial charge in [-0.25, -0.2) is 0 Å². The highest BCUT2D eigenvalue weighted by atomic mass is 32.1. The highest BCUT2D eigenvalue weighted by molar-refractivity contribution is 7.80. The zero-order valence-electron chi connectivity index (χ0n) is 10.8. The van der Waals surface area contributed by atoms with Crippen molar-refractivity contribution in [2.75, 3.05) is 26.7 Å². The Kier molecular flexibility index (Phi) is 4.55. The van der Waals surface area contributed by atoms with Crippen LogP contribution in [0.2, 0.25) is 0 Å². The molecule has 18 heavy (non-hydrogen) atoms. The Bertz CT molecular complexity index is 422. The van der Waals surface area contributed by atoms with Gasteiger partial charge in [0.2, 0.25) is 0 Å². The standard InChI is InChI=1S/C14H20N2OS/c1-16(8-6-14(15)18)10-11-7-9-17-13-5-3-2-4-12(11)13/h2-5,11H,6-10H2,1H3,(H2,15,18). The normalized spacial score (nSPS) is 18.2. The second-order valence-electron chi connectivity index (χ2n) is 4.85. The van der Waals surface area contributed by atoms with Crippen molar-refractivity contribution in [1.82, 2.24) is 4.90 Å². The van der Waals surface area contributed by atoms with Gasteiger partial charge in [-0.3, -0.25) is 0 Å². The van der Waals surface area contributed by atoms with E-state index in [0.29, 0.717) is 10.9 Å². The maximum Gasteiger partial charge on any atom is 0.122 e. The molecule has 1 aliphatic rings. The van der Waals surface area contributed by atoms with Crippen LogP contribution in [-0.2, 0) is 0 Å². The highest BCUT2D eigenvalue weighted by Gasteiger charge is 2.21. The summed E-state index contributed by atoms with van der Waals surface area (Å²) in [7, 11) is 2.12. The lowest BCUT2D eigenvalue weighted by Crippen LogP contribution is -2.30. The summed E-state index contributed by atoms with van der Waals surface area (Å²) < 4.78 is 5.67. The van der Waals surface area contributed by atoms with Crippen molar-refractivity contribution in [2.45, 2.75) is 18.8 Å². The Morgan fingerprint density at radius 2 is 2.28 bits per heavy atom. The van der Waals surface area contributed by atoms with E-state index >= 15 is 0 Å². The molecule has 4 heteroatoms. The maximum atomic E-state index is 5.67. The number of hydrogen-bond donors (Lipinski definition) is 1. The van der Waals surface area contributed by atoms with E-state index in [4.69, 9.17) is 22.7 Å². The topological polar surface area (TPSA) is 38.5 Å². The van der Waals surface area contributed by atoms with Crippen LogP contribution in [0.25, 0.3) is 0 Å². The van der Waals surface area contributed by atoms with Crippen molar-refractivity contribution >= 4 is 17.2 Å². The fourth-order valence-electron chi connectivity index (χ4n) is 2.37. The first kappa shape index (κ1) is 13.3. The summed E-state index contributed by atoms with van der Waals surface area (Å²) in [5.41, 5.74) is 6.86. The second-order valence-corrected chi connectivity index (χ2v) is 5.37. The van der Waals surface area contributed by atoms with Crippen LogP contribution >= 0.6 is 12.2 Å². The molecule has 1 atom stereocenters. The molecule has 0 spiro atoms. The Morgan fingerprint density at radius 1 is 1.50 bits per heavy atom. The van der Waals surface area contributed by atoms with Crippen molar-refractivity contribution in [3.8, 4) is 5.75 Å². The van der Waals surface area contributed by atoms with Gasteiger partial charge in [-0.2, -0.15) is 0 Å². The van der Waals surface area contributed by atoms with Gasteiger partial charge in [-0.15, -0.1) is 0 Å². The summed E-state index contributed by atoms with van der Waals surface area (Å²) in [4.78, 5) is 2.89. The van der Waals surface area contributed by atoms with Crippen LogP contribution in [0.4, 0.5) is 0 Å². The van der Waals surface area contributed by atoms with Crippen LogP contribution in [0.1, 0.15) is 24.3 Å². The summed E-state index contributed by atoms with van der Waals surface area (Å²) in [6, 6.07) is 8.32. The van der Waals surface area contributed by atoms with Gasteiger partial charge in [0, 0.05) is 25.4 Å². The summed E-state index contributed by atoms with van der Waals surface area (Å²) >= 11 is 4.91. The predicted molar refractivity (Wildman–Crippen MR) is 78.2 cm³/mol. The minimum Gasteiger partial charge on any atom is -0.493 e. The SMILES string of the molecule is CN(CCC(N)=S)CC1CCOc2ccccc21. The minimum absolute atomic E-state index is 0.547. The van der Waals surface area contributed by atoms with E-state index in [9.17, 15) is 0 Å². The molecule has 3 nitrogen and oxygen atoms in total. The molecule has 0 fully saturated rings. The Morgan fingerprint density at radius 3 is 3.06 bits per heavy atom. The number of likely N-dealkylation sites (N-methyl/N-ethyl adjacent to an activating group) is 1. The molecular weight excluding hydrogens is 244 g/mol. The van der Waals surface area contributed by atoms with E-state index in [1.54, 1.807) is 0 Å². The van der Waals surface area contributed by atoms with Gasteiger partial charge in [0.25, 0.3) is 0 Å². The molecular formula is C14H20N2OS. The van der Waals surface area contributed by atoms with Gasteiger partial charge in [0.1, 0.15) is 5.75 Å². The summed E-state index contributed by atoms with van der Waals surface area (Å²) in [5, 5.41) is 0. The third-order valence-electron chi connectivity index (χ3n) is 3.35. The number of para-hydroxylation sites is 1. The number of nitrogens with zero attached hydrogens (tertiary/aromatic N) is 1. The van der Waals surface area contributed by atoms with Crippen LogP contribution in [0, 0.1) is 0 Å². The van der Waals surface area contributed by atoms with Gasteiger partial charge >= 0.3 is 0 Å². The van der Waals surface area contributed by atoms with Crippen molar-refractivity contribution < 1.29 is 4.74 Å². The molecule has 1 unspecified atom stereocenters. The number of nitrogens with two attached hydrogens (primary N) is 1. The number of rotatable bonds is 5. The maximum absolute atomic E-state index is 5.67. The molecule has 0 saturated heterocycles. The molecule has 0 amide bonds. The van der Waals surface area contributed by atoms with Crippen molar-refractivity contribution in [3.63, 3.8) is 0 Å². The average Bonchev–Trinajstić information content (AvgIpc) is 2.37. The molecule has 0 aromatic heterocycles. The lowest BCUT2D eigenvalue weighted by atomic mass is 9.92. The van der Waals surface area contributed by atoms with Crippen LogP contribution in [-0.4, -0.2) is 36.6 Å². The quantitative estimate of drug-likeness (QED) is 0.827. The lowest BCUT2D eigenvalue weighted by Gasteiger charge is -2.29. The van der Waals surface area contributed by atoms with Gasteiger partial charge in [0.05, 0.1) is 11.6 Å². The molecule has 1 heterocycles. The largest absolute Gasteiger partial charge is 0.493 e. The van der Waals surface area contributed by atoms with E-state index < -0.39 is 0 Å². The fourth-order valence-corrected chi connectivity index (χ4v) is 2.47. The van der Waals surface area contributed by atoms with Gasteiger partial charge in [-0.05, 0) is 25.1 Å². The third kappa shape index (κ3) is 3.43. The molecule has 98 valence electrons. The number of thiocarbonyl (C=S) groups is 1. The van der Waals surface area contributed by atoms with Crippen LogP contribution in [0.5, 0.6) is 5.75 Å². The van der Waals surface area contributed by atoms with E-state index in [1.165, 1.54) is 5.56 Å². The zero-order chi connectivity index (χ0) is 13.0. The number of benzene rings is 1. The molecule has 1 aliphatic heterocycles. The van der Waals surface area contributed by atoms with E-state index in [1.807, 2.05) is 6.07 Å². The smallest absolute Gasteiger partial charge is 0.122 e. The first-order valence-electron chi connectivity index (χ1n) is 6.35. The third-order valence-corrected chi connectivity index (χ3v) is 3.56. The van der Waals surface area contributed by atoms with Crippen LogP contribution in [0.3, 0.4) is 0 Å². The Hall–Kier alpha value is -1.13. The molecule has 1 aromatic carbocycles. The monoisotopic (exact) mass is 264 g/mol. The summed E-state index contributed by atoms with van der Waals surface area (Å²) in [6.45, 7) is 2.77. The van der Waals surface area contributed by atoms with Gasteiger partial charge < -0.3 is 15.4 Å². The average molecular weight is 264 g/mol. The van der Waals surface area contributed by atoms with E-state index in [2.05, 4.69) is 30.1 Å². The fraction of sp³-hybridized carbons (Fsp3) is 0.500. The zero-order valence-corrected chi connectivity index (χ0v) is 11.6. The first-order chi connectivity index (χ1) is 8.66. The van der Waals surface area contributed by atoms with E-state index in [0.717, 1.165) is 38.3 Å². The summed E-state index contributed by atoms with van der Waals surface area (Å²) in [5.74, 6) is 1.59. The van der Waals surface area contributed by atoms with E-state index in [-0.39, 0.29) is 0 Å². The lowest BCUT2D eigenvalue weighted by molar-refractivity contribution is 0.234. The minimum atomic E-state index is 0.547. The molecule has 2 N–H and O–H groups in total. The van der Waals surface area contributed by atoms with Crippen LogP contribution in [0.15, 0.2) is 24.3 Å². The molecule has 0 saturated carbocycles. The first-order valence-corrected chi connectivity index (χ1v) is 6.76. The molecule has 0 radical (unpaired) electrons. The Balaban J connectivity index is 1.96. The molecule has 0 bridgehead atoms.